The van der Waals surface area contributed by atoms with Gasteiger partial charge in [-0.05, 0) is 18.1 Å². The van der Waals surface area contributed by atoms with E-state index >= 15 is 0 Å². The molecule has 1 heterocycles. The third kappa shape index (κ3) is 2.11. The van der Waals surface area contributed by atoms with Gasteiger partial charge in [-0.1, -0.05) is 30.3 Å². The summed E-state index contributed by atoms with van der Waals surface area (Å²) in [5.41, 5.74) is 2.20. The van der Waals surface area contributed by atoms with Crippen molar-refractivity contribution in [3.05, 3.63) is 47.9 Å². The second-order valence-electron chi connectivity index (χ2n) is 3.35. The molecule has 2 aromatic rings. The summed E-state index contributed by atoms with van der Waals surface area (Å²) in [7, 11) is 0. The van der Waals surface area contributed by atoms with Crippen LogP contribution < -0.4 is 5.32 Å². The molecule has 1 N–H and O–H groups in total. The van der Waals surface area contributed by atoms with Crippen LogP contribution in [0.1, 0.15) is 23.0 Å². The van der Waals surface area contributed by atoms with Crippen molar-refractivity contribution < 1.29 is 9.32 Å². The van der Waals surface area contributed by atoms with E-state index in [2.05, 4.69) is 15.0 Å². The van der Waals surface area contributed by atoms with E-state index in [-0.39, 0.29) is 11.6 Å². The van der Waals surface area contributed by atoms with E-state index in [0.717, 1.165) is 17.7 Å². The van der Waals surface area contributed by atoms with E-state index in [1.807, 2.05) is 31.2 Å². The Bertz CT molecular complexity index is 478. The Morgan fingerprint density at radius 1 is 1.38 bits per heavy atom. The molecule has 1 amide bonds. The Morgan fingerprint density at radius 2 is 2.19 bits per heavy atom. The van der Waals surface area contributed by atoms with E-state index in [9.17, 15) is 4.79 Å². The first kappa shape index (κ1) is 10.4. The first-order valence-electron chi connectivity index (χ1n) is 5.11. The predicted octanol–water partition coefficient (Wildman–Crippen LogP) is 2.49. The molecule has 0 aliphatic carbocycles. The maximum absolute atomic E-state index is 11.7. The van der Waals surface area contributed by atoms with Gasteiger partial charge < -0.3 is 9.84 Å². The molecular weight excluding hydrogens is 204 g/mol. The van der Waals surface area contributed by atoms with Crippen LogP contribution >= 0.6 is 0 Å². The fourth-order valence-corrected chi connectivity index (χ4v) is 1.47. The van der Waals surface area contributed by atoms with E-state index in [1.165, 1.54) is 12.3 Å². The molecule has 0 radical (unpaired) electrons. The van der Waals surface area contributed by atoms with Gasteiger partial charge in [0.25, 0.3) is 5.91 Å². The summed E-state index contributed by atoms with van der Waals surface area (Å²) in [6.45, 7) is 2.04. The van der Waals surface area contributed by atoms with E-state index in [1.54, 1.807) is 0 Å². The van der Waals surface area contributed by atoms with Crippen molar-refractivity contribution in [3.63, 3.8) is 0 Å². The van der Waals surface area contributed by atoms with Crippen molar-refractivity contribution in [1.29, 1.82) is 0 Å². The molecule has 0 atom stereocenters. The molecular formula is C12H12N2O2. The Hall–Kier alpha value is -2.10. The maximum Gasteiger partial charge on any atom is 0.277 e. The van der Waals surface area contributed by atoms with E-state index in [4.69, 9.17) is 0 Å². The van der Waals surface area contributed by atoms with Crippen molar-refractivity contribution in [2.24, 2.45) is 0 Å². The predicted molar refractivity (Wildman–Crippen MR) is 60.3 cm³/mol. The Balaban J connectivity index is 2.18. The largest absolute Gasteiger partial charge is 0.364 e. The van der Waals surface area contributed by atoms with Gasteiger partial charge in [0.15, 0.2) is 5.69 Å². The summed E-state index contributed by atoms with van der Waals surface area (Å²) in [5, 5.41) is 6.38. The lowest BCUT2D eigenvalue weighted by molar-refractivity contribution is 0.101. The first-order chi connectivity index (χ1) is 7.81. The molecule has 0 bridgehead atoms. The molecule has 0 saturated heterocycles. The number of nitrogens with zero attached hydrogens (tertiary/aromatic N) is 1. The van der Waals surface area contributed by atoms with Gasteiger partial charge in [-0.15, -0.1) is 0 Å². The molecule has 0 unspecified atom stereocenters. The minimum Gasteiger partial charge on any atom is -0.364 e. The highest BCUT2D eigenvalue weighted by Gasteiger charge is 2.10. The molecule has 82 valence electrons. The fourth-order valence-electron chi connectivity index (χ4n) is 1.47. The number of benzene rings is 1. The van der Waals surface area contributed by atoms with Gasteiger partial charge in [0, 0.05) is 11.8 Å². The van der Waals surface area contributed by atoms with Gasteiger partial charge in [0.2, 0.25) is 0 Å². The normalized spacial score (nSPS) is 10.1. The number of rotatable bonds is 3. The van der Waals surface area contributed by atoms with Crippen LogP contribution in [0.5, 0.6) is 0 Å². The molecule has 0 saturated carbocycles. The molecule has 2 rings (SSSR count). The molecule has 4 nitrogen and oxygen atoms in total. The number of amides is 1. The smallest absolute Gasteiger partial charge is 0.277 e. The van der Waals surface area contributed by atoms with Crippen LogP contribution in [0.4, 0.5) is 5.69 Å². The summed E-state index contributed by atoms with van der Waals surface area (Å²) in [5.74, 6) is -0.255. The molecule has 1 aromatic heterocycles. The summed E-state index contributed by atoms with van der Waals surface area (Å²) < 4.78 is 4.62. The molecule has 0 spiro atoms. The standard InChI is InChI=1S/C12H12N2O2/c1-2-9-5-3-4-6-10(9)13-12(15)11-7-8-16-14-11/h3-8H,2H2,1H3,(H,13,15). The lowest BCUT2D eigenvalue weighted by Gasteiger charge is -2.07. The Morgan fingerprint density at radius 3 is 2.88 bits per heavy atom. The molecule has 0 fully saturated rings. The number of hydrogen-bond donors (Lipinski definition) is 1. The summed E-state index contributed by atoms with van der Waals surface area (Å²) in [6, 6.07) is 9.22. The van der Waals surface area contributed by atoms with E-state index < -0.39 is 0 Å². The number of carbonyl (C=O) groups is 1. The average Bonchev–Trinajstić information content (AvgIpc) is 2.83. The lowest BCUT2D eigenvalue weighted by atomic mass is 10.1. The number of carbonyl (C=O) groups excluding carboxylic acids is 1. The number of para-hydroxylation sites is 1. The second-order valence-corrected chi connectivity index (χ2v) is 3.35. The lowest BCUT2D eigenvalue weighted by Crippen LogP contribution is -2.13. The van der Waals surface area contributed by atoms with Gasteiger partial charge in [-0.2, -0.15) is 0 Å². The maximum atomic E-state index is 11.7. The van der Waals surface area contributed by atoms with Crippen molar-refractivity contribution in [3.8, 4) is 0 Å². The summed E-state index contributed by atoms with van der Waals surface area (Å²) >= 11 is 0. The Kier molecular flexibility index (Phi) is 3.00. The zero-order valence-electron chi connectivity index (χ0n) is 8.93. The highest BCUT2D eigenvalue weighted by atomic mass is 16.5. The first-order valence-corrected chi connectivity index (χ1v) is 5.11. The quantitative estimate of drug-likeness (QED) is 0.857. The molecule has 0 aliphatic heterocycles. The zero-order valence-corrected chi connectivity index (χ0v) is 8.93. The molecule has 0 aliphatic rings. The molecule has 16 heavy (non-hydrogen) atoms. The van der Waals surface area contributed by atoms with Crippen LogP contribution in [0.15, 0.2) is 41.1 Å². The summed E-state index contributed by atoms with van der Waals surface area (Å²) in [4.78, 5) is 11.7. The fraction of sp³-hybridized carbons (Fsp3) is 0.167. The van der Waals surface area contributed by atoms with Gasteiger partial charge in [-0.3, -0.25) is 4.79 Å². The topological polar surface area (TPSA) is 55.1 Å². The van der Waals surface area contributed by atoms with Crippen LogP contribution in [-0.4, -0.2) is 11.1 Å². The Labute approximate surface area is 93.3 Å². The minimum atomic E-state index is -0.255. The number of aromatic nitrogens is 1. The molecule has 4 heteroatoms. The number of aryl methyl sites for hydroxylation is 1. The van der Waals surface area contributed by atoms with Crippen LogP contribution in [0.25, 0.3) is 0 Å². The van der Waals surface area contributed by atoms with Crippen molar-refractivity contribution in [2.45, 2.75) is 13.3 Å². The van der Waals surface area contributed by atoms with E-state index in [0.29, 0.717) is 0 Å². The third-order valence-electron chi connectivity index (χ3n) is 2.32. The monoisotopic (exact) mass is 216 g/mol. The molecule has 1 aromatic carbocycles. The van der Waals surface area contributed by atoms with Crippen molar-refractivity contribution in [2.75, 3.05) is 5.32 Å². The zero-order chi connectivity index (χ0) is 11.4. The minimum absolute atomic E-state index is 0.255. The second kappa shape index (κ2) is 4.61. The highest BCUT2D eigenvalue weighted by molar-refractivity contribution is 6.03. The van der Waals surface area contributed by atoms with Gasteiger partial charge in [0.1, 0.15) is 6.26 Å². The number of hydrogen-bond acceptors (Lipinski definition) is 3. The third-order valence-corrected chi connectivity index (χ3v) is 2.32. The van der Waals surface area contributed by atoms with Crippen LogP contribution in [-0.2, 0) is 6.42 Å². The number of nitrogens with one attached hydrogen (secondary N) is 1. The average molecular weight is 216 g/mol. The summed E-state index contributed by atoms with van der Waals surface area (Å²) in [6.07, 6.45) is 2.25. The van der Waals surface area contributed by atoms with Crippen LogP contribution in [0, 0.1) is 0 Å². The van der Waals surface area contributed by atoms with Crippen LogP contribution in [0.2, 0.25) is 0 Å². The SMILES string of the molecule is CCc1ccccc1NC(=O)c1ccon1. The van der Waals surface area contributed by atoms with Crippen molar-refractivity contribution in [1.82, 2.24) is 5.16 Å². The highest BCUT2D eigenvalue weighted by Crippen LogP contribution is 2.16. The van der Waals surface area contributed by atoms with Gasteiger partial charge >= 0.3 is 0 Å². The van der Waals surface area contributed by atoms with Crippen molar-refractivity contribution >= 4 is 11.6 Å². The van der Waals surface area contributed by atoms with Crippen LogP contribution in [0.3, 0.4) is 0 Å². The van der Waals surface area contributed by atoms with Gasteiger partial charge in [0.05, 0.1) is 0 Å². The van der Waals surface area contributed by atoms with Gasteiger partial charge in [-0.25, -0.2) is 0 Å². The number of anilines is 1.